The highest BCUT2D eigenvalue weighted by atomic mass is 19.3. The summed E-state index contributed by atoms with van der Waals surface area (Å²) in [6.07, 6.45) is 1.98. The summed E-state index contributed by atoms with van der Waals surface area (Å²) in [5.41, 5.74) is -0.575. The van der Waals surface area contributed by atoms with Crippen molar-refractivity contribution < 1.29 is 37.1 Å². The Labute approximate surface area is 185 Å². The number of rotatable bonds is 3. The Bertz CT molecular complexity index is 1110. The molecule has 32 heavy (non-hydrogen) atoms. The highest BCUT2D eigenvalue weighted by Gasteiger charge is 2.95. The quantitative estimate of drug-likeness (QED) is 0.513. The molecule has 1 aromatic carbocycles. The van der Waals surface area contributed by atoms with Crippen molar-refractivity contribution in [2.45, 2.75) is 75.2 Å². The standard InChI is InChI=1S/C23H25BF2O6/c1-19(2)29-16-11(6-7-12(28-5)14(16)18(27)30-19)15-17(23(15,25)26)24-31-21(4)13-8-10-9-22(21,32-24)20(10,13)3/h6-7,10,13,15,17H,8-9H2,1-5H3/t10?,13?,15?,17?,20?,21-,22?/m0/s1. The van der Waals surface area contributed by atoms with Gasteiger partial charge in [-0.15, -0.1) is 0 Å². The first kappa shape index (κ1) is 19.6. The van der Waals surface area contributed by atoms with Gasteiger partial charge in [-0.1, -0.05) is 13.0 Å². The van der Waals surface area contributed by atoms with Crippen molar-refractivity contribution >= 4 is 13.1 Å². The Balaban J connectivity index is 1.26. The molecule has 7 rings (SSSR count). The molecular weight excluding hydrogens is 421 g/mol. The fourth-order valence-corrected chi connectivity index (χ4v) is 7.99. The number of hydrogen-bond donors (Lipinski definition) is 0. The lowest BCUT2D eigenvalue weighted by atomic mass is 9.21. The molecule has 0 radical (unpaired) electrons. The molecule has 6 nitrogen and oxygen atoms in total. The van der Waals surface area contributed by atoms with E-state index in [1.54, 1.807) is 19.9 Å². The molecule has 6 aliphatic rings. The van der Waals surface area contributed by atoms with Crippen molar-refractivity contribution in [3.63, 3.8) is 0 Å². The van der Waals surface area contributed by atoms with E-state index in [0.717, 1.165) is 12.8 Å². The number of methoxy groups -OCH3 is 1. The number of fused-ring (bicyclic) bond motifs is 2. The van der Waals surface area contributed by atoms with E-state index in [1.165, 1.54) is 13.2 Å². The normalized spacial score (nSPS) is 47.5. The smallest absolute Gasteiger partial charge is 0.468 e. The molecule has 4 saturated carbocycles. The summed E-state index contributed by atoms with van der Waals surface area (Å²) in [6, 6.07) is 3.07. The van der Waals surface area contributed by atoms with Gasteiger partial charge in [0.2, 0.25) is 5.79 Å². The van der Waals surface area contributed by atoms with Gasteiger partial charge in [-0.2, -0.15) is 0 Å². The van der Waals surface area contributed by atoms with E-state index in [1.807, 2.05) is 6.92 Å². The third kappa shape index (κ3) is 1.77. The molecule has 0 aromatic heterocycles. The van der Waals surface area contributed by atoms with Crippen molar-refractivity contribution in [3.8, 4) is 11.5 Å². The fraction of sp³-hybridized carbons (Fsp3) is 0.696. The maximum atomic E-state index is 15.3. The summed E-state index contributed by atoms with van der Waals surface area (Å²) in [4.78, 5) is 12.7. The second-order valence-electron chi connectivity index (χ2n) is 11.1. The van der Waals surface area contributed by atoms with E-state index in [0.29, 0.717) is 11.8 Å². The molecule has 7 atom stereocenters. The number of ether oxygens (including phenoxy) is 3. The van der Waals surface area contributed by atoms with Gasteiger partial charge in [-0.3, -0.25) is 0 Å². The highest BCUT2D eigenvalue weighted by molar-refractivity contribution is 6.50. The molecule has 4 aliphatic carbocycles. The lowest BCUT2D eigenvalue weighted by Crippen LogP contribution is -2.92. The van der Waals surface area contributed by atoms with E-state index < -0.39 is 47.7 Å². The summed E-state index contributed by atoms with van der Waals surface area (Å²) in [5, 5.41) is 0. The molecule has 9 heteroatoms. The van der Waals surface area contributed by atoms with Crippen LogP contribution in [0.15, 0.2) is 12.1 Å². The van der Waals surface area contributed by atoms with Crippen molar-refractivity contribution in [1.29, 1.82) is 0 Å². The lowest BCUT2D eigenvalue weighted by molar-refractivity contribution is -0.429. The lowest BCUT2D eigenvalue weighted by Gasteiger charge is -2.87. The molecule has 170 valence electrons. The predicted octanol–water partition coefficient (Wildman–Crippen LogP) is 4.18. The van der Waals surface area contributed by atoms with Crippen LogP contribution in [0.5, 0.6) is 11.5 Å². The maximum absolute atomic E-state index is 15.3. The number of hydrogen-bond acceptors (Lipinski definition) is 6. The van der Waals surface area contributed by atoms with E-state index in [4.69, 9.17) is 23.5 Å². The van der Waals surface area contributed by atoms with Gasteiger partial charge in [-0.05, 0) is 37.7 Å². The Morgan fingerprint density at radius 1 is 1.12 bits per heavy atom. The monoisotopic (exact) mass is 446 g/mol. The van der Waals surface area contributed by atoms with Gasteiger partial charge in [0.1, 0.15) is 17.1 Å². The van der Waals surface area contributed by atoms with Gasteiger partial charge >= 0.3 is 13.1 Å². The van der Waals surface area contributed by atoms with Crippen LogP contribution in [0.25, 0.3) is 0 Å². The summed E-state index contributed by atoms with van der Waals surface area (Å²) in [6.45, 7) is 7.39. The highest BCUT2D eigenvalue weighted by Crippen LogP contribution is 2.89. The van der Waals surface area contributed by atoms with Crippen LogP contribution in [0.1, 0.15) is 62.4 Å². The van der Waals surface area contributed by atoms with Crippen LogP contribution >= 0.6 is 0 Å². The molecule has 1 spiro atoms. The van der Waals surface area contributed by atoms with E-state index in [9.17, 15) is 4.79 Å². The molecule has 0 amide bonds. The van der Waals surface area contributed by atoms with Crippen LogP contribution in [0.3, 0.4) is 0 Å². The van der Waals surface area contributed by atoms with Crippen LogP contribution in [-0.2, 0) is 14.0 Å². The van der Waals surface area contributed by atoms with Gasteiger partial charge < -0.3 is 23.5 Å². The second kappa shape index (κ2) is 5.12. The minimum absolute atomic E-state index is 0.0389. The first-order valence-corrected chi connectivity index (χ1v) is 11.3. The van der Waals surface area contributed by atoms with Crippen molar-refractivity contribution in [3.05, 3.63) is 23.3 Å². The Kier molecular flexibility index (Phi) is 3.13. The van der Waals surface area contributed by atoms with Crippen LogP contribution in [-0.4, -0.2) is 43.1 Å². The first-order valence-electron chi connectivity index (χ1n) is 11.3. The van der Waals surface area contributed by atoms with Crippen LogP contribution in [0.4, 0.5) is 8.78 Å². The number of cyclic esters (lactones) is 1. The number of esters is 1. The van der Waals surface area contributed by atoms with Crippen molar-refractivity contribution in [2.75, 3.05) is 7.11 Å². The van der Waals surface area contributed by atoms with Crippen molar-refractivity contribution in [2.24, 2.45) is 17.3 Å². The largest absolute Gasteiger partial charge is 0.496 e. The van der Waals surface area contributed by atoms with Gasteiger partial charge in [0.05, 0.1) is 30.0 Å². The topological polar surface area (TPSA) is 63.2 Å². The fourth-order valence-electron chi connectivity index (χ4n) is 7.99. The third-order valence-corrected chi connectivity index (χ3v) is 9.64. The Hall–Kier alpha value is -1.87. The Morgan fingerprint density at radius 3 is 2.50 bits per heavy atom. The third-order valence-electron chi connectivity index (χ3n) is 9.64. The van der Waals surface area contributed by atoms with Crippen LogP contribution < -0.4 is 9.47 Å². The van der Waals surface area contributed by atoms with E-state index in [-0.39, 0.29) is 28.0 Å². The number of alkyl halides is 2. The Morgan fingerprint density at radius 2 is 1.88 bits per heavy atom. The molecule has 0 bridgehead atoms. The van der Waals surface area contributed by atoms with Crippen LogP contribution in [0.2, 0.25) is 5.82 Å². The summed E-state index contributed by atoms with van der Waals surface area (Å²) in [5.74, 6) is -5.96. The molecule has 2 aliphatic heterocycles. The molecular formula is C23H25BF2O6. The average Bonchev–Trinajstić information content (AvgIpc) is 3.12. The SMILES string of the molecule is COc1ccc(C2C(B3OC45CC6CC(C64C)[C@]5(C)O3)C2(F)F)c2c1C(=O)OC(C)(C)O2. The zero-order chi connectivity index (χ0) is 22.6. The summed E-state index contributed by atoms with van der Waals surface area (Å²) in [7, 11) is 0.429. The minimum Gasteiger partial charge on any atom is -0.496 e. The van der Waals surface area contributed by atoms with Gasteiger partial charge in [0, 0.05) is 24.8 Å². The second-order valence-corrected chi connectivity index (χ2v) is 11.1. The van der Waals surface area contributed by atoms with Crippen molar-refractivity contribution in [1.82, 2.24) is 0 Å². The van der Waals surface area contributed by atoms with E-state index in [2.05, 4.69) is 6.92 Å². The van der Waals surface area contributed by atoms with Gasteiger partial charge in [0.25, 0.3) is 5.92 Å². The number of carbonyl (C=O) groups excluding carboxylic acids is 1. The molecule has 0 N–H and O–H groups in total. The first-order chi connectivity index (χ1) is 14.9. The average molecular weight is 446 g/mol. The number of carbonyl (C=O) groups is 1. The molecule has 1 aromatic rings. The zero-order valence-electron chi connectivity index (χ0n) is 18.7. The summed E-state index contributed by atoms with van der Waals surface area (Å²) < 4.78 is 59.8. The molecule has 6 unspecified atom stereocenters. The van der Waals surface area contributed by atoms with E-state index >= 15 is 8.78 Å². The maximum Gasteiger partial charge on any atom is 0.468 e. The summed E-state index contributed by atoms with van der Waals surface area (Å²) >= 11 is 0. The van der Waals surface area contributed by atoms with Crippen LogP contribution in [0, 0.1) is 17.3 Å². The number of benzene rings is 1. The minimum atomic E-state index is -3.04. The van der Waals surface area contributed by atoms with Gasteiger partial charge in [0.15, 0.2) is 0 Å². The zero-order valence-corrected chi connectivity index (χ0v) is 18.7. The predicted molar refractivity (Wildman–Crippen MR) is 108 cm³/mol. The van der Waals surface area contributed by atoms with Gasteiger partial charge in [-0.25, -0.2) is 13.6 Å². The number of halogens is 2. The molecule has 5 fully saturated rings. The molecule has 2 heterocycles. The molecule has 1 saturated heterocycles.